The Morgan fingerprint density at radius 3 is 2.72 bits per heavy atom. The average molecular weight is 395 g/mol. The van der Waals surface area contributed by atoms with Gasteiger partial charge >= 0.3 is 0 Å². The molecule has 2 heterocycles. The van der Waals surface area contributed by atoms with Crippen molar-refractivity contribution < 1.29 is 18.8 Å². The maximum atomic E-state index is 13.9. The van der Waals surface area contributed by atoms with Crippen LogP contribution in [0, 0.1) is 18.7 Å². The van der Waals surface area contributed by atoms with E-state index in [4.69, 9.17) is 0 Å². The lowest BCUT2D eigenvalue weighted by Gasteiger charge is -2.19. The van der Waals surface area contributed by atoms with Crippen LogP contribution in [-0.4, -0.2) is 30.8 Å². The van der Waals surface area contributed by atoms with Crippen molar-refractivity contribution in [3.05, 3.63) is 53.3 Å². The van der Waals surface area contributed by atoms with Crippen LogP contribution >= 0.6 is 0 Å². The summed E-state index contributed by atoms with van der Waals surface area (Å²) in [6.45, 7) is 4.23. The number of amides is 3. The number of carbonyl (C=O) groups is 3. The molecular formula is C22H22FN3O3. The lowest BCUT2D eigenvalue weighted by molar-refractivity contribution is -0.122. The van der Waals surface area contributed by atoms with Gasteiger partial charge in [-0.2, -0.15) is 0 Å². The Balaban J connectivity index is 1.49. The number of nitrogens with zero attached hydrogens (tertiary/aromatic N) is 2. The Morgan fingerprint density at radius 2 is 1.97 bits per heavy atom. The highest BCUT2D eigenvalue weighted by Gasteiger charge is 2.36. The van der Waals surface area contributed by atoms with Crippen molar-refractivity contribution in [3.8, 4) is 0 Å². The van der Waals surface area contributed by atoms with Gasteiger partial charge in [-0.25, -0.2) is 4.39 Å². The molecule has 0 bridgehead atoms. The first-order chi connectivity index (χ1) is 13.8. The predicted molar refractivity (Wildman–Crippen MR) is 108 cm³/mol. The van der Waals surface area contributed by atoms with Gasteiger partial charge in [-0.1, -0.05) is 6.07 Å². The third-order valence-electron chi connectivity index (χ3n) is 5.53. The minimum Gasteiger partial charge on any atom is -0.323 e. The van der Waals surface area contributed by atoms with Gasteiger partial charge in [0.2, 0.25) is 17.7 Å². The van der Waals surface area contributed by atoms with E-state index in [-0.39, 0.29) is 36.4 Å². The van der Waals surface area contributed by atoms with Gasteiger partial charge in [0, 0.05) is 37.8 Å². The smallest absolute Gasteiger partial charge is 0.229 e. The zero-order valence-electron chi connectivity index (χ0n) is 16.4. The van der Waals surface area contributed by atoms with Gasteiger partial charge in [-0.05, 0) is 54.8 Å². The number of hydrogen-bond donors (Lipinski definition) is 1. The molecule has 2 aliphatic rings. The first-order valence-corrected chi connectivity index (χ1v) is 9.62. The van der Waals surface area contributed by atoms with Crippen molar-refractivity contribution in [2.75, 3.05) is 28.2 Å². The summed E-state index contributed by atoms with van der Waals surface area (Å²) >= 11 is 0. The van der Waals surface area contributed by atoms with E-state index in [2.05, 4.69) is 5.32 Å². The van der Waals surface area contributed by atoms with Crippen molar-refractivity contribution in [2.45, 2.75) is 26.7 Å². The van der Waals surface area contributed by atoms with Gasteiger partial charge in [-0.15, -0.1) is 0 Å². The highest BCUT2D eigenvalue weighted by atomic mass is 19.1. The summed E-state index contributed by atoms with van der Waals surface area (Å²) in [6, 6.07) is 10.1. The molecule has 2 aliphatic heterocycles. The molecule has 0 aromatic heterocycles. The first-order valence-electron chi connectivity index (χ1n) is 9.62. The number of fused-ring (bicyclic) bond motifs is 1. The number of benzene rings is 2. The van der Waals surface area contributed by atoms with Crippen molar-refractivity contribution in [3.63, 3.8) is 0 Å². The van der Waals surface area contributed by atoms with Crippen molar-refractivity contribution in [1.29, 1.82) is 0 Å². The molecule has 1 saturated heterocycles. The second-order valence-corrected chi connectivity index (χ2v) is 7.61. The molecule has 0 radical (unpaired) electrons. The summed E-state index contributed by atoms with van der Waals surface area (Å²) in [7, 11) is 0. The van der Waals surface area contributed by atoms with Crippen LogP contribution in [-0.2, 0) is 20.8 Å². The number of rotatable bonds is 3. The molecule has 2 aromatic rings. The summed E-state index contributed by atoms with van der Waals surface area (Å²) in [4.78, 5) is 40.2. The normalized spacial score (nSPS) is 18.2. The van der Waals surface area contributed by atoms with Crippen LogP contribution in [0.4, 0.5) is 21.5 Å². The van der Waals surface area contributed by atoms with Gasteiger partial charge in [-0.3, -0.25) is 14.4 Å². The molecule has 2 aromatic carbocycles. The molecule has 0 saturated carbocycles. The van der Waals surface area contributed by atoms with Gasteiger partial charge in [0.25, 0.3) is 0 Å². The predicted octanol–water partition coefficient (Wildman–Crippen LogP) is 3.03. The maximum Gasteiger partial charge on any atom is 0.229 e. The van der Waals surface area contributed by atoms with E-state index in [9.17, 15) is 18.8 Å². The molecule has 0 aliphatic carbocycles. The summed E-state index contributed by atoms with van der Waals surface area (Å²) in [5.41, 5.74) is 3.57. The Kier molecular flexibility index (Phi) is 4.82. The average Bonchev–Trinajstić information content (AvgIpc) is 3.27. The first kappa shape index (κ1) is 19.1. The highest BCUT2D eigenvalue weighted by Crippen LogP contribution is 2.34. The fourth-order valence-corrected chi connectivity index (χ4v) is 3.99. The van der Waals surface area contributed by atoms with Gasteiger partial charge in [0.15, 0.2) is 0 Å². The number of carbonyl (C=O) groups excluding carboxylic acids is 3. The quantitative estimate of drug-likeness (QED) is 0.869. The lowest BCUT2D eigenvalue weighted by atomic mass is 10.1. The van der Waals surface area contributed by atoms with E-state index < -0.39 is 11.7 Å². The highest BCUT2D eigenvalue weighted by molar-refractivity contribution is 6.04. The Labute approximate surface area is 168 Å². The van der Waals surface area contributed by atoms with Crippen molar-refractivity contribution >= 4 is 34.8 Å². The number of anilines is 3. The van der Waals surface area contributed by atoms with Crippen LogP contribution in [0.5, 0.6) is 0 Å². The van der Waals surface area contributed by atoms with Crippen molar-refractivity contribution in [2.24, 2.45) is 5.92 Å². The van der Waals surface area contributed by atoms with Crippen LogP contribution in [0.1, 0.15) is 24.5 Å². The number of aryl methyl sites for hydroxylation is 1. The standard InChI is InChI=1S/C22H22FN3O3/c1-13-3-5-18(23)19(9-13)24-22(29)16-11-21(28)26(12-16)17-4-6-20-15(10-17)7-8-25(20)14(2)27/h3-6,9-10,16H,7-8,11-12H2,1-2H3,(H,24,29). The molecule has 150 valence electrons. The number of nitrogens with one attached hydrogen (secondary N) is 1. The molecule has 1 atom stereocenters. The minimum atomic E-state index is -0.551. The third-order valence-corrected chi connectivity index (χ3v) is 5.53. The molecule has 4 rings (SSSR count). The molecule has 0 spiro atoms. The molecule has 7 heteroatoms. The number of halogens is 1. The molecule has 3 amide bonds. The van der Waals surface area contributed by atoms with Crippen molar-refractivity contribution in [1.82, 2.24) is 0 Å². The van der Waals surface area contributed by atoms with Gasteiger partial charge in [0.05, 0.1) is 11.6 Å². The fourth-order valence-electron chi connectivity index (χ4n) is 3.99. The van der Waals surface area contributed by atoms with Gasteiger partial charge in [0.1, 0.15) is 5.82 Å². The zero-order valence-corrected chi connectivity index (χ0v) is 16.4. The molecule has 1 N–H and O–H groups in total. The van der Waals surface area contributed by atoms with E-state index in [1.54, 1.807) is 28.0 Å². The fraction of sp³-hybridized carbons (Fsp3) is 0.318. The van der Waals surface area contributed by atoms with Gasteiger partial charge < -0.3 is 15.1 Å². The monoisotopic (exact) mass is 395 g/mol. The molecular weight excluding hydrogens is 373 g/mol. The SMILES string of the molecule is CC(=O)N1CCc2cc(N3CC(C(=O)Nc4cc(C)ccc4F)CC3=O)ccc21. The van der Waals surface area contributed by atoms with Crippen LogP contribution in [0.2, 0.25) is 0 Å². The largest absolute Gasteiger partial charge is 0.323 e. The second-order valence-electron chi connectivity index (χ2n) is 7.61. The summed E-state index contributed by atoms with van der Waals surface area (Å²) in [6.07, 6.45) is 0.817. The molecule has 29 heavy (non-hydrogen) atoms. The summed E-state index contributed by atoms with van der Waals surface area (Å²) < 4.78 is 13.9. The Morgan fingerprint density at radius 1 is 1.17 bits per heavy atom. The van der Waals surface area contributed by atoms with E-state index in [1.165, 1.54) is 13.0 Å². The molecule has 1 fully saturated rings. The van der Waals surface area contributed by atoms with Crippen LogP contribution in [0.15, 0.2) is 36.4 Å². The topological polar surface area (TPSA) is 69.7 Å². The second kappa shape index (κ2) is 7.31. The van der Waals surface area contributed by atoms with E-state index in [0.717, 1.165) is 28.9 Å². The third kappa shape index (κ3) is 3.60. The summed E-state index contributed by atoms with van der Waals surface area (Å²) in [5.74, 6) is -1.57. The Hall–Kier alpha value is -3.22. The number of hydrogen-bond acceptors (Lipinski definition) is 3. The van der Waals surface area contributed by atoms with Crippen LogP contribution in [0.3, 0.4) is 0 Å². The lowest BCUT2D eigenvalue weighted by Crippen LogP contribution is -2.28. The van der Waals surface area contributed by atoms with Crippen LogP contribution in [0.25, 0.3) is 0 Å². The van der Waals surface area contributed by atoms with E-state index in [1.807, 2.05) is 19.1 Å². The zero-order chi connectivity index (χ0) is 20.7. The maximum absolute atomic E-state index is 13.9. The van der Waals surface area contributed by atoms with E-state index in [0.29, 0.717) is 6.54 Å². The molecule has 1 unspecified atom stereocenters. The van der Waals surface area contributed by atoms with E-state index >= 15 is 0 Å². The molecule has 6 nitrogen and oxygen atoms in total. The Bertz CT molecular complexity index is 1020. The minimum absolute atomic E-state index is 0.00568. The summed E-state index contributed by atoms with van der Waals surface area (Å²) in [5, 5.41) is 2.61. The van der Waals surface area contributed by atoms with Crippen LogP contribution < -0.4 is 15.1 Å².